The van der Waals surface area contributed by atoms with Crippen molar-refractivity contribution >= 4 is 5.91 Å². The third kappa shape index (κ3) is 3.07. The second kappa shape index (κ2) is 6.15. The molecule has 1 amide bonds. The second-order valence-electron chi connectivity index (χ2n) is 4.34. The van der Waals surface area contributed by atoms with E-state index in [4.69, 9.17) is 5.26 Å². The van der Waals surface area contributed by atoms with Crippen molar-refractivity contribution in [1.82, 2.24) is 10.3 Å². The van der Waals surface area contributed by atoms with Crippen LogP contribution in [0, 0.1) is 11.3 Å². The van der Waals surface area contributed by atoms with Gasteiger partial charge < -0.3 is 5.32 Å². The van der Waals surface area contributed by atoms with Crippen molar-refractivity contribution in [3.05, 3.63) is 29.6 Å². The topological polar surface area (TPSA) is 65.8 Å². The van der Waals surface area contributed by atoms with Crippen molar-refractivity contribution in [1.29, 1.82) is 5.26 Å². The summed E-state index contributed by atoms with van der Waals surface area (Å²) < 4.78 is 0. The molecule has 0 fully saturated rings. The zero-order chi connectivity index (χ0) is 13.6. The van der Waals surface area contributed by atoms with Crippen molar-refractivity contribution in [2.24, 2.45) is 0 Å². The van der Waals surface area contributed by atoms with Crippen molar-refractivity contribution in [2.45, 2.75) is 45.6 Å². The van der Waals surface area contributed by atoms with Gasteiger partial charge in [0.15, 0.2) is 0 Å². The third-order valence-electron chi connectivity index (χ3n) is 3.53. The number of carbonyl (C=O) groups is 1. The maximum absolute atomic E-state index is 12.1. The molecule has 0 aromatic carbocycles. The summed E-state index contributed by atoms with van der Waals surface area (Å²) in [6.45, 7) is 6.21. The molecule has 18 heavy (non-hydrogen) atoms. The number of nitriles is 1. The van der Waals surface area contributed by atoms with Crippen LogP contribution in [0.2, 0.25) is 0 Å². The van der Waals surface area contributed by atoms with Crippen LogP contribution < -0.4 is 5.32 Å². The van der Waals surface area contributed by atoms with Crippen LogP contribution in [-0.4, -0.2) is 16.4 Å². The minimum atomic E-state index is -0.176. The van der Waals surface area contributed by atoms with Crippen LogP contribution in [0.3, 0.4) is 0 Å². The Balaban J connectivity index is 2.84. The van der Waals surface area contributed by atoms with E-state index in [1.165, 1.54) is 6.20 Å². The SMILES string of the molecule is CCC(CC)(CC)NC(=O)c1ccc(C#N)cn1. The Hall–Kier alpha value is -1.89. The monoisotopic (exact) mass is 245 g/mol. The summed E-state index contributed by atoms with van der Waals surface area (Å²) in [6, 6.07) is 5.17. The van der Waals surface area contributed by atoms with Crippen molar-refractivity contribution < 1.29 is 4.79 Å². The summed E-state index contributed by atoms with van der Waals surface area (Å²) in [5, 5.41) is 11.7. The summed E-state index contributed by atoms with van der Waals surface area (Å²) in [7, 11) is 0. The minimum Gasteiger partial charge on any atom is -0.345 e. The highest BCUT2D eigenvalue weighted by molar-refractivity contribution is 5.92. The fourth-order valence-corrected chi connectivity index (χ4v) is 1.91. The van der Waals surface area contributed by atoms with E-state index in [9.17, 15) is 4.79 Å². The molecule has 1 aromatic heterocycles. The van der Waals surface area contributed by atoms with Gasteiger partial charge in [-0.3, -0.25) is 4.79 Å². The number of aromatic nitrogens is 1. The van der Waals surface area contributed by atoms with E-state index in [0.29, 0.717) is 11.3 Å². The van der Waals surface area contributed by atoms with Gasteiger partial charge in [0.2, 0.25) is 0 Å². The number of nitrogens with zero attached hydrogens (tertiary/aromatic N) is 2. The van der Waals surface area contributed by atoms with Crippen LogP contribution in [0.4, 0.5) is 0 Å². The van der Waals surface area contributed by atoms with Gasteiger partial charge in [-0.1, -0.05) is 20.8 Å². The first-order valence-corrected chi connectivity index (χ1v) is 6.29. The maximum Gasteiger partial charge on any atom is 0.270 e. The summed E-state index contributed by atoms with van der Waals surface area (Å²) >= 11 is 0. The number of pyridine rings is 1. The fraction of sp³-hybridized carbons (Fsp3) is 0.500. The van der Waals surface area contributed by atoms with E-state index in [1.807, 2.05) is 6.07 Å². The fourth-order valence-electron chi connectivity index (χ4n) is 1.91. The van der Waals surface area contributed by atoms with Gasteiger partial charge in [-0.05, 0) is 31.4 Å². The predicted octanol–water partition coefficient (Wildman–Crippen LogP) is 2.65. The lowest BCUT2D eigenvalue weighted by atomic mass is 9.89. The van der Waals surface area contributed by atoms with E-state index in [1.54, 1.807) is 12.1 Å². The average molecular weight is 245 g/mol. The molecule has 0 radical (unpaired) electrons. The summed E-state index contributed by atoms with van der Waals surface area (Å²) in [4.78, 5) is 16.1. The highest BCUT2D eigenvalue weighted by atomic mass is 16.2. The van der Waals surface area contributed by atoms with Gasteiger partial charge in [0.25, 0.3) is 5.91 Å². The molecule has 1 rings (SSSR count). The molecule has 0 saturated heterocycles. The molecule has 0 atom stereocenters. The zero-order valence-electron chi connectivity index (χ0n) is 11.2. The third-order valence-corrected chi connectivity index (χ3v) is 3.53. The quantitative estimate of drug-likeness (QED) is 0.867. The number of nitrogens with one attached hydrogen (secondary N) is 1. The molecule has 1 N–H and O–H groups in total. The molecular formula is C14H19N3O. The first kappa shape index (κ1) is 14.2. The van der Waals surface area contributed by atoms with Gasteiger partial charge in [-0.15, -0.1) is 0 Å². The Bertz CT molecular complexity index is 433. The number of carbonyl (C=O) groups excluding carboxylic acids is 1. The van der Waals surface area contributed by atoms with Crippen molar-refractivity contribution in [3.8, 4) is 6.07 Å². The second-order valence-corrected chi connectivity index (χ2v) is 4.34. The number of hydrogen-bond acceptors (Lipinski definition) is 3. The van der Waals surface area contributed by atoms with E-state index >= 15 is 0 Å². The normalized spacial score (nSPS) is 10.8. The Kier molecular flexibility index (Phi) is 4.85. The van der Waals surface area contributed by atoms with Crippen LogP contribution in [0.5, 0.6) is 0 Å². The van der Waals surface area contributed by atoms with Crippen LogP contribution in [0.25, 0.3) is 0 Å². The summed E-state index contributed by atoms with van der Waals surface area (Å²) in [5.41, 5.74) is 0.653. The van der Waals surface area contributed by atoms with Gasteiger partial charge in [-0.2, -0.15) is 5.26 Å². The summed E-state index contributed by atoms with van der Waals surface area (Å²) in [5.74, 6) is -0.176. The molecule has 0 aliphatic rings. The zero-order valence-corrected chi connectivity index (χ0v) is 11.2. The molecule has 4 nitrogen and oxygen atoms in total. The molecule has 0 saturated carbocycles. The molecule has 96 valence electrons. The molecule has 1 aromatic rings. The molecule has 0 aliphatic heterocycles. The van der Waals surface area contributed by atoms with Crippen LogP contribution >= 0.6 is 0 Å². The maximum atomic E-state index is 12.1. The number of amides is 1. The van der Waals surface area contributed by atoms with Gasteiger partial charge in [0, 0.05) is 11.7 Å². The van der Waals surface area contributed by atoms with Crippen LogP contribution in [-0.2, 0) is 0 Å². The van der Waals surface area contributed by atoms with Gasteiger partial charge in [0.1, 0.15) is 11.8 Å². The highest BCUT2D eigenvalue weighted by Gasteiger charge is 2.26. The Morgan fingerprint density at radius 2 is 1.94 bits per heavy atom. The molecule has 0 spiro atoms. The van der Waals surface area contributed by atoms with Gasteiger partial charge >= 0.3 is 0 Å². The lowest BCUT2D eigenvalue weighted by Crippen LogP contribution is -2.47. The first-order chi connectivity index (χ1) is 8.60. The number of rotatable bonds is 5. The lowest BCUT2D eigenvalue weighted by Gasteiger charge is -2.31. The summed E-state index contributed by atoms with van der Waals surface area (Å²) in [6.07, 6.45) is 4.09. The van der Waals surface area contributed by atoms with Crippen molar-refractivity contribution in [2.75, 3.05) is 0 Å². The highest BCUT2D eigenvalue weighted by Crippen LogP contribution is 2.19. The molecule has 0 unspecified atom stereocenters. The van der Waals surface area contributed by atoms with Gasteiger partial charge in [-0.25, -0.2) is 4.98 Å². The van der Waals surface area contributed by atoms with E-state index in [-0.39, 0.29) is 11.4 Å². The largest absolute Gasteiger partial charge is 0.345 e. The Labute approximate surface area is 108 Å². The van der Waals surface area contributed by atoms with E-state index in [0.717, 1.165) is 19.3 Å². The first-order valence-electron chi connectivity index (χ1n) is 6.29. The Morgan fingerprint density at radius 1 is 1.33 bits per heavy atom. The smallest absolute Gasteiger partial charge is 0.270 e. The van der Waals surface area contributed by atoms with Gasteiger partial charge in [0.05, 0.1) is 5.56 Å². The molecule has 0 bridgehead atoms. The van der Waals surface area contributed by atoms with E-state index < -0.39 is 0 Å². The van der Waals surface area contributed by atoms with E-state index in [2.05, 4.69) is 31.1 Å². The molecule has 4 heteroatoms. The molecular weight excluding hydrogens is 226 g/mol. The molecule has 0 aliphatic carbocycles. The molecule has 1 heterocycles. The minimum absolute atomic E-state index is 0.160. The standard InChI is InChI=1S/C14H19N3O/c1-4-14(5-2,6-3)17-13(18)12-8-7-11(9-15)10-16-12/h7-8,10H,4-6H2,1-3H3,(H,17,18). The van der Waals surface area contributed by atoms with Crippen LogP contribution in [0.15, 0.2) is 18.3 Å². The van der Waals surface area contributed by atoms with Crippen molar-refractivity contribution in [3.63, 3.8) is 0 Å². The average Bonchev–Trinajstić information content (AvgIpc) is 2.45. The predicted molar refractivity (Wildman–Crippen MR) is 70.0 cm³/mol. The Morgan fingerprint density at radius 3 is 2.33 bits per heavy atom. The van der Waals surface area contributed by atoms with Crippen LogP contribution in [0.1, 0.15) is 56.1 Å². The lowest BCUT2D eigenvalue weighted by molar-refractivity contribution is 0.0883. The number of hydrogen-bond donors (Lipinski definition) is 1.